The number of esters is 1. The zero-order valence-electron chi connectivity index (χ0n) is 16.6. The van der Waals surface area contributed by atoms with Crippen LogP contribution in [0, 0.1) is 11.8 Å². The molecular weight excluding hydrogens is 334 g/mol. The summed E-state index contributed by atoms with van der Waals surface area (Å²) >= 11 is 0. The molecule has 1 fully saturated rings. The van der Waals surface area contributed by atoms with Crippen LogP contribution in [0.15, 0.2) is 42.6 Å². The Labute approximate surface area is 163 Å². The predicted molar refractivity (Wildman–Crippen MR) is 110 cm³/mol. The van der Waals surface area contributed by atoms with Crippen molar-refractivity contribution in [3.63, 3.8) is 0 Å². The molecule has 0 saturated heterocycles. The Kier molecular flexibility index (Phi) is 7.03. The van der Waals surface area contributed by atoms with Gasteiger partial charge >= 0.3 is 5.97 Å². The lowest BCUT2D eigenvalue weighted by atomic mass is 9.80. The van der Waals surface area contributed by atoms with Gasteiger partial charge in [-0.3, -0.25) is 9.78 Å². The molecule has 3 heteroatoms. The minimum absolute atomic E-state index is 0.0609. The van der Waals surface area contributed by atoms with E-state index in [4.69, 9.17) is 4.74 Å². The number of carbonyl (C=O) groups excluding carboxylic acids is 1. The number of rotatable bonds is 7. The number of ether oxygens (including phenoxy) is 1. The summed E-state index contributed by atoms with van der Waals surface area (Å²) in [4.78, 5) is 17.0. The summed E-state index contributed by atoms with van der Waals surface area (Å²) in [7, 11) is 0. The van der Waals surface area contributed by atoms with Crippen LogP contribution in [0.4, 0.5) is 0 Å². The highest BCUT2D eigenvalue weighted by atomic mass is 16.5. The van der Waals surface area contributed by atoms with Crippen LogP contribution in [0.3, 0.4) is 0 Å². The molecule has 1 aliphatic carbocycles. The van der Waals surface area contributed by atoms with Crippen LogP contribution in [-0.2, 0) is 11.2 Å². The zero-order chi connectivity index (χ0) is 19.1. The molecule has 144 valence electrons. The van der Waals surface area contributed by atoms with Gasteiger partial charge in [0.15, 0.2) is 0 Å². The molecule has 0 bridgehead atoms. The SMILES string of the molecule is CCCCC1CCC(C(=O)Oc2ccc(-c3ccc(CC)cn3)cc2)CC1. The Morgan fingerprint density at radius 3 is 2.37 bits per heavy atom. The molecule has 1 heterocycles. The fourth-order valence-corrected chi connectivity index (χ4v) is 3.88. The summed E-state index contributed by atoms with van der Waals surface area (Å²) in [6.45, 7) is 4.36. The number of hydrogen-bond acceptors (Lipinski definition) is 3. The van der Waals surface area contributed by atoms with E-state index in [1.807, 2.05) is 36.5 Å². The summed E-state index contributed by atoms with van der Waals surface area (Å²) in [5.74, 6) is 1.43. The molecule has 27 heavy (non-hydrogen) atoms. The number of nitrogens with zero attached hydrogens (tertiary/aromatic N) is 1. The van der Waals surface area contributed by atoms with Crippen molar-refractivity contribution in [2.45, 2.75) is 65.2 Å². The summed E-state index contributed by atoms with van der Waals surface area (Å²) in [6, 6.07) is 11.8. The Morgan fingerprint density at radius 2 is 1.78 bits per heavy atom. The van der Waals surface area contributed by atoms with Crippen LogP contribution in [0.2, 0.25) is 0 Å². The Balaban J connectivity index is 1.52. The van der Waals surface area contributed by atoms with E-state index < -0.39 is 0 Å². The van der Waals surface area contributed by atoms with Crippen molar-refractivity contribution in [3.8, 4) is 17.0 Å². The van der Waals surface area contributed by atoms with Gasteiger partial charge in [-0.2, -0.15) is 0 Å². The van der Waals surface area contributed by atoms with Crippen molar-refractivity contribution in [2.24, 2.45) is 11.8 Å². The molecule has 3 nitrogen and oxygen atoms in total. The van der Waals surface area contributed by atoms with Gasteiger partial charge in [-0.25, -0.2) is 0 Å². The average molecular weight is 366 g/mol. The van der Waals surface area contributed by atoms with E-state index in [1.165, 1.54) is 24.8 Å². The number of unbranched alkanes of at least 4 members (excludes halogenated alkanes) is 1. The molecule has 1 saturated carbocycles. The molecule has 0 aliphatic heterocycles. The van der Waals surface area contributed by atoms with Gasteiger partial charge in [0.1, 0.15) is 5.75 Å². The fraction of sp³-hybridized carbons (Fsp3) is 0.500. The Bertz CT molecular complexity index is 713. The van der Waals surface area contributed by atoms with Crippen molar-refractivity contribution in [1.82, 2.24) is 4.98 Å². The van der Waals surface area contributed by atoms with Crippen LogP contribution in [0.1, 0.15) is 64.4 Å². The largest absolute Gasteiger partial charge is 0.426 e. The van der Waals surface area contributed by atoms with Gasteiger partial charge < -0.3 is 4.74 Å². The van der Waals surface area contributed by atoms with Crippen LogP contribution in [0.5, 0.6) is 5.75 Å². The zero-order valence-corrected chi connectivity index (χ0v) is 16.6. The number of aryl methyl sites for hydroxylation is 1. The Morgan fingerprint density at radius 1 is 1.04 bits per heavy atom. The third kappa shape index (κ3) is 5.41. The molecule has 1 aliphatic rings. The van der Waals surface area contributed by atoms with E-state index >= 15 is 0 Å². The molecule has 0 radical (unpaired) electrons. The number of aromatic nitrogens is 1. The van der Waals surface area contributed by atoms with Gasteiger partial charge in [-0.05, 0) is 73.9 Å². The molecule has 1 aromatic heterocycles. The van der Waals surface area contributed by atoms with Crippen LogP contribution < -0.4 is 4.74 Å². The molecule has 2 aromatic rings. The minimum Gasteiger partial charge on any atom is -0.426 e. The second kappa shape index (κ2) is 9.68. The lowest BCUT2D eigenvalue weighted by Gasteiger charge is -2.27. The average Bonchev–Trinajstić information content (AvgIpc) is 2.73. The maximum absolute atomic E-state index is 12.5. The first-order valence-electron chi connectivity index (χ1n) is 10.5. The monoisotopic (exact) mass is 365 g/mol. The molecule has 1 aromatic carbocycles. The van der Waals surface area contributed by atoms with E-state index in [1.54, 1.807) is 0 Å². The second-order valence-electron chi connectivity index (χ2n) is 7.71. The second-order valence-corrected chi connectivity index (χ2v) is 7.71. The number of hydrogen-bond donors (Lipinski definition) is 0. The lowest BCUT2D eigenvalue weighted by molar-refractivity contribution is -0.140. The molecule has 0 amide bonds. The van der Waals surface area contributed by atoms with Crippen molar-refractivity contribution in [3.05, 3.63) is 48.2 Å². The van der Waals surface area contributed by atoms with E-state index in [2.05, 4.69) is 24.9 Å². The maximum Gasteiger partial charge on any atom is 0.314 e. The lowest BCUT2D eigenvalue weighted by Crippen LogP contribution is -2.25. The molecule has 0 N–H and O–H groups in total. The summed E-state index contributed by atoms with van der Waals surface area (Å²) in [5, 5.41) is 0. The molecule has 3 rings (SSSR count). The van der Waals surface area contributed by atoms with E-state index in [-0.39, 0.29) is 11.9 Å². The van der Waals surface area contributed by atoms with Crippen molar-refractivity contribution in [2.75, 3.05) is 0 Å². The van der Waals surface area contributed by atoms with E-state index in [0.29, 0.717) is 5.75 Å². The van der Waals surface area contributed by atoms with Crippen molar-refractivity contribution >= 4 is 5.97 Å². The van der Waals surface area contributed by atoms with Gasteiger partial charge in [-0.15, -0.1) is 0 Å². The standard InChI is InChI=1S/C24H31NO2/c1-3-5-6-19-7-10-21(11-8-19)24(26)27-22-14-12-20(13-15-22)23-16-9-18(4-2)17-25-23/h9,12-17,19,21H,3-8,10-11H2,1-2H3. The highest BCUT2D eigenvalue weighted by Gasteiger charge is 2.27. The van der Waals surface area contributed by atoms with Crippen molar-refractivity contribution < 1.29 is 9.53 Å². The molecule has 0 unspecified atom stereocenters. The predicted octanol–water partition coefficient (Wildman–Crippen LogP) is 6.21. The topological polar surface area (TPSA) is 39.2 Å². The molecule has 0 atom stereocenters. The first kappa shape index (κ1) is 19.6. The smallest absolute Gasteiger partial charge is 0.314 e. The van der Waals surface area contributed by atoms with Gasteiger partial charge in [0.05, 0.1) is 11.6 Å². The molecular formula is C24H31NO2. The van der Waals surface area contributed by atoms with Gasteiger partial charge in [0.2, 0.25) is 0 Å². The highest BCUT2D eigenvalue weighted by Crippen LogP contribution is 2.33. The van der Waals surface area contributed by atoms with Gasteiger partial charge in [-0.1, -0.05) is 39.2 Å². The first-order chi connectivity index (χ1) is 13.2. The number of pyridine rings is 1. The van der Waals surface area contributed by atoms with E-state index in [9.17, 15) is 4.79 Å². The normalized spacial score (nSPS) is 19.6. The minimum atomic E-state index is -0.0675. The Hall–Kier alpha value is -2.16. The maximum atomic E-state index is 12.5. The molecule has 0 spiro atoms. The highest BCUT2D eigenvalue weighted by molar-refractivity contribution is 5.75. The quantitative estimate of drug-likeness (QED) is 0.432. The van der Waals surface area contributed by atoms with Crippen molar-refractivity contribution in [1.29, 1.82) is 0 Å². The summed E-state index contributed by atoms with van der Waals surface area (Å²) in [5.41, 5.74) is 3.21. The summed E-state index contributed by atoms with van der Waals surface area (Å²) < 4.78 is 5.64. The van der Waals surface area contributed by atoms with Crippen LogP contribution in [-0.4, -0.2) is 11.0 Å². The third-order valence-electron chi connectivity index (χ3n) is 5.75. The first-order valence-corrected chi connectivity index (χ1v) is 10.5. The number of carbonyl (C=O) groups is 1. The summed E-state index contributed by atoms with van der Waals surface area (Å²) in [6.07, 6.45) is 11.1. The fourth-order valence-electron chi connectivity index (χ4n) is 3.88. The van der Waals surface area contributed by atoms with E-state index in [0.717, 1.165) is 49.3 Å². The number of benzene rings is 1. The van der Waals surface area contributed by atoms with Gasteiger partial charge in [0.25, 0.3) is 0 Å². The van der Waals surface area contributed by atoms with Gasteiger partial charge in [0, 0.05) is 11.8 Å². The van der Waals surface area contributed by atoms with Crippen LogP contribution in [0.25, 0.3) is 11.3 Å². The third-order valence-corrected chi connectivity index (χ3v) is 5.75. The van der Waals surface area contributed by atoms with Crippen LogP contribution >= 0.6 is 0 Å².